The van der Waals surface area contributed by atoms with Gasteiger partial charge in [-0.15, -0.1) is 0 Å². The zero-order valence-corrected chi connectivity index (χ0v) is 11.6. The Hall–Kier alpha value is -2.33. The maximum absolute atomic E-state index is 11.0. The summed E-state index contributed by atoms with van der Waals surface area (Å²) >= 11 is 0. The fraction of sp³-hybridized carbons (Fsp3) is 0.235. The van der Waals surface area contributed by atoms with Crippen molar-refractivity contribution in [1.82, 2.24) is 5.32 Å². The maximum atomic E-state index is 11.0. The first-order valence-electron chi connectivity index (χ1n) is 7.01. The predicted molar refractivity (Wildman–Crippen MR) is 79.5 cm³/mol. The van der Waals surface area contributed by atoms with E-state index in [2.05, 4.69) is 11.4 Å². The predicted octanol–water partition coefficient (Wildman–Crippen LogP) is 3.00. The van der Waals surface area contributed by atoms with Crippen LogP contribution in [-0.2, 0) is 6.54 Å². The van der Waals surface area contributed by atoms with Crippen LogP contribution < -0.4 is 10.1 Å². The molecule has 2 aromatic rings. The number of ether oxygens (including phenoxy) is 1. The molecule has 4 nitrogen and oxygen atoms in total. The normalized spacial score (nSPS) is 16.9. The van der Waals surface area contributed by atoms with E-state index in [9.17, 15) is 4.79 Å². The van der Waals surface area contributed by atoms with E-state index < -0.39 is 5.97 Å². The molecule has 2 aromatic carbocycles. The van der Waals surface area contributed by atoms with Crippen molar-refractivity contribution in [1.29, 1.82) is 0 Å². The van der Waals surface area contributed by atoms with Crippen molar-refractivity contribution in [3.63, 3.8) is 0 Å². The average molecular weight is 283 g/mol. The number of aromatic carboxylic acids is 1. The van der Waals surface area contributed by atoms with Crippen molar-refractivity contribution in [3.05, 3.63) is 65.2 Å². The van der Waals surface area contributed by atoms with E-state index in [4.69, 9.17) is 9.84 Å². The summed E-state index contributed by atoms with van der Waals surface area (Å²) in [5, 5.41) is 12.5. The molecule has 0 aromatic heterocycles. The topological polar surface area (TPSA) is 58.6 Å². The number of hydrogen-bond acceptors (Lipinski definition) is 3. The van der Waals surface area contributed by atoms with Crippen LogP contribution in [0, 0.1) is 0 Å². The number of carboxylic acid groups (broad SMARTS) is 1. The lowest BCUT2D eigenvalue weighted by Crippen LogP contribution is -2.26. The van der Waals surface area contributed by atoms with E-state index in [1.165, 1.54) is 0 Å². The van der Waals surface area contributed by atoms with Gasteiger partial charge in [-0.3, -0.25) is 0 Å². The Morgan fingerprint density at radius 2 is 2.10 bits per heavy atom. The van der Waals surface area contributed by atoms with Crippen LogP contribution in [0.3, 0.4) is 0 Å². The van der Waals surface area contributed by atoms with Crippen LogP contribution in [0.4, 0.5) is 0 Å². The summed E-state index contributed by atoms with van der Waals surface area (Å²) in [6, 6.07) is 15.3. The molecule has 1 unspecified atom stereocenters. The standard InChI is InChI=1S/C17H17NO3/c19-17(20)13-5-3-4-12(10-13)11-18-15-8-9-21-16-7-2-1-6-14(15)16/h1-7,10,15,18H,8-9,11H2,(H,19,20). The van der Waals surface area contributed by atoms with Crippen LogP contribution in [0.5, 0.6) is 5.75 Å². The van der Waals surface area contributed by atoms with Crippen molar-refractivity contribution in [2.75, 3.05) is 6.61 Å². The Kier molecular flexibility index (Phi) is 3.88. The molecule has 3 rings (SSSR count). The second-order valence-electron chi connectivity index (χ2n) is 5.11. The van der Waals surface area contributed by atoms with Gasteiger partial charge >= 0.3 is 5.97 Å². The number of benzene rings is 2. The van der Waals surface area contributed by atoms with Gasteiger partial charge in [0.1, 0.15) is 5.75 Å². The molecule has 4 heteroatoms. The number of rotatable bonds is 4. The second kappa shape index (κ2) is 5.97. The van der Waals surface area contributed by atoms with Crippen molar-refractivity contribution in [2.24, 2.45) is 0 Å². The highest BCUT2D eigenvalue weighted by atomic mass is 16.5. The van der Waals surface area contributed by atoms with Crippen molar-refractivity contribution in [2.45, 2.75) is 19.0 Å². The van der Waals surface area contributed by atoms with Gasteiger partial charge in [0.05, 0.1) is 12.2 Å². The lowest BCUT2D eigenvalue weighted by atomic mass is 10.00. The van der Waals surface area contributed by atoms with Crippen LogP contribution in [0.2, 0.25) is 0 Å². The van der Waals surface area contributed by atoms with Gasteiger partial charge < -0.3 is 15.2 Å². The van der Waals surface area contributed by atoms with Gasteiger partial charge in [-0.2, -0.15) is 0 Å². The Morgan fingerprint density at radius 1 is 1.24 bits per heavy atom. The highest BCUT2D eigenvalue weighted by molar-refractivity contribution is 5.87. The van der Waals surface area contributed by atoms with Crippen LogP contribution in [-0.4, -0.2) is 17.7 Å². The molecule has 108 valence electrons. The number of carboxylic acids is 1. The number of carbonyl (C=O) groups is 1. The maximum Gasteiger partial charge on any atom is 0.335 e. The molecule has 0 amide bonds. The van der Waals surface area contributed by atoms with E-state index in [1.54, 1.807) is 18.2 Å². The van der Waals surface area contributed by atoms with Crippen LogP contribution in [0.25, 0.3) is 0 Å². The molecule has 0 saturated heterocycles. The van der Waals surface area contributed by atoms with Gasteiger partial charge in [-0.25, -0.2) is 4.79 Å². The van der Waals surface area contributed by atoms with E-state index in [0.29, 0.717) is 18.7 Å². The Labute approximate surface area is 123 Å². The molecule has 0 radical (unpaired) electrons. The van der Waals surface area contributed by atoms with Gasteiger partial charge in [-0.1, -0.05) is 30.3 Å². The molecular formula is C17H17NO3. The lowest BCUT2D eigenvalue weighted by molar-refractivity contribution is 0.0696. The summed E-state index contributed by atoms with van der Waals surface area (Å²) in [5.74, 6) is 0.0359. The zero-order chi connectivity index (χ0) is 14.7. The summed E-state index contributed by atoms with van der Waals surface area (Å²) in [7, 11) is 0. The minimum Gasteiger partial charge on any atom is -0.493 e. The van der Waals surface area contributed by atoms with Crippen LogP contribution in [0.15, 0.2) is 48.5 Å². The molecule has 0 saturated carbocycles. The van der Waals surface area contributed by atoms with Crippen molar-refractivity contribution < 1.29 is 14.6 Å². The molecule has 2 N–H and O–H groups in total. The van der Waals surface area contributed by atoms with E-state index in [1.807, 2.05) is 24.3 Å². The Morgan fingerprint density at radius 3 is 2.95 bits per heavy atom. The van der Waals surface area contributed by atoms with E-state index in [-0.39, 0.29) is 6.04 Å². The highest BCUT2D eigenvalue weighted by Crippen LogP contribution is 2.31. The smallest absolute Gasteiger partial charge is 0.335 e. The summed E-state index contributed by atoms with van der Waals surface area (Å²) in [6.45, 7) is 1.34. The van der Waals surface area contributed by atoms with Gasteiger partial charge in [-0.05, 0) is 23.8 Å². The Bertz CT molecular complexity index is 654. The van der Waals surface area contributed by atoms with Crippen LogP contribution in [0.1, 0.15) is 33.9 Å². The SMILES string of the molecule is O=C(O)c1cccc(CNC2CCOc3ccccc32)c1. The summed E-state index contributed by atoms with van der Waals surface area (Å²) in [4.78, 5) is 11.0. The number of nitrogens with one attached hydrogen (secondary N) is 1. The minimum atomic E-state index is -0.895. The molecular weight excluding hydrogens is 266 g/mol. The molecule has 1 atom stereocenters. The molecule has 1 heterocycles. The summed E-state index contributed by atoms with van der Waals surface area (Å²) in [5.41, 5.74) is 2.46. The largest absolute Gasteiger partial charge is 0.493 e. The quantitative estimate of drug-likeness (QED) is 0.905. The van der Waals surface area contributed by atoms with Gasteiger partial charge in [0.2, 0.25) is 0 Å². The first-order chi connectivity index (χ1) is 10.2. The summed E-state index contributed by atoms with van der Waals surface area (Å²) in [6.07, 6.45) is 0.912. The van der Waals surface area contributed by atoms with Crippen molar-refractivity contribution >= 4 is 5.97 Å². The van der Waals surface area contributed by atoms with Gasteiger partial charge in [0.25, 0.3) is 0 Å². The number of fused-ring (bicyclic) bond motifs is 1. The zero-order valence-electron chi connectivity index (χ0n) is 11.6. The third-order valence-electron chi connectivity index (χ3n) is 3.69. The molecule has 0 bridgehead atoms. The first-order valence-corrected chi connectivity index (χ1v) is 7.01. The molecule has 1 aliphatic heterocycles. The lowest BCUT2D eigenvalue weighted by Gasteiger charge is -2.26. The molecule has 0 spiro atoms. The van der Waals surface area contributed by atoms with Gasteiger partial charge in [0, 0.05) is 24.6 Å². The van der Waals surface area contributed by atoms with E-state index in [0.717, 1.165) is 23.3 Å². The van der Waals surface area contributed by atoms with E-state index >= 15 is 0 Å². The van der Waals surface area contributed by atoms with Crippen molar-refractivity contribution in [3.8, 4) is 5.75 Å². The number of hydrogen-bond donors (Lipinski definition) is 2. The summed E-state index contributed by atoms with van der Waals surface area (Å²) < 4.78 is 5.64. The molecule has 0 aliphatic carbocycles. The fourth-order valence-corrected chi connectivity index (χ4v) is 2.61. The molecule has 1 aliphatic rings. The highest BCUT2D eigenvalue weighted by Gasteiger charge is 2.20. The third-order valence-corrected chi connectivity index (χ3v) is 3.69. The third kappa shape index (κ3) is 3.06. The van der Waals surface area contributed by atoms with Crippen LogP contribution >= 0.6 is 0 Å². The monoisotopic (exact) mass is 283 g/mol. The van der Waals surface area contributed by atoms with Gasteiger partial charge in [0.15, 0.2) is 0 Å². The fourth-order valence-electron chi connectivity index (χ4n) is 2.61. The second-order valence-corrected chi connectivity index (χ2v) is 5.11. The molecule has 0 fully saturated rings. The molecule has 21 heavy (non-hydrogen) atoms. The first kappa shape index (κ1) is 13.6. The average Bonchev–Trinajstić information content (AvgIpc) is 2.53. The Balaban J connectivity index is 1.71. The number of para-hydroxylation sites is 1. The minimum absolute atomic E-state index is 0.239.